The van der Waals surface area contributed by atoms with Gasteiger partial charge in [0.25, 0.3) is 5.91 Å². The first-order valence-corrected chi connectivity index (χ1v) is 6.08. The normalized spacial score (nSPS) is 28.3. The molecule has 0 aromatic heterocycles. The molecule has 19 heavy (non-hydrogen) atoms. The maximum atomic E-state index is 12.5. The van der Waals surface area contributed by atoms with Crippen molar-refractivity contribution in [3.05, 3.63) is 29.3 Å². The summed E-state index contributed by atoms with van der Waals surface area (Å²) in [5, 5.41) is 2.88. The Kier molecular flexibility index (Phi) is 2.37. The molecule has 0 radical (unpaired) electrons. The molecule has 6 heteroatoms. The monoisotopic (exact) mass is 270 g/mol. The van der Waals surface area contributed by atoms with Crippen LogP contribution in [0.2, 0.25) is 0 Å². The summed E-state index contributed by atoms with van der Waals surface area (Å²) in [4.78, 5) is 11.9. The number of benzene rings is 1. The van der Waals surface area contributed by atoms with E-state index in [4.69, 9.17) is 5.73 Å². The van der Waals surface area contributed by atoms with Crippen molar-refractivity contribution in [3.8, 4) is 0 Å². The number of alkyl halides is 3. The molecule has 3 aliphatic rings. The molecule has 2 bridgehead atoms. The number of hydrogen-bond donors (Lipinski definition) is 2. The standard InChI is InChI=1S/C13H13F3N2O/c14-13(15,16)9-2-1-8(3-10(9)17)11(19)18-12-4-7(5-12)6-12/h1-3,7H,4-6,17H2,(H,18,19). The third-order valence-corrected chi connectivity index (χ3v) is 4.04. The molecule has 1 amide bonds. The summed E-state index contributed by atoms with van der Waals surface area (Å²) in [7, 11) is 0. The molecule has 1 aromatic carbocycles. The summed E-state index contributed by atoms with van der Waals surface area (Å²) in [5.41, 5.74) is 4.12. The molecule has 102 valence electrons. The van der Waals surface area contributed by atoms with Crippen LogP contribution in [0.5, 0.6) is 0 Å². The second-order valence-corrected chi connectivity index (χ2v) is 5.51. The van der Waals surface area contributed by atoms with E-state index in [9.17, 15) is 18.0 Å². The quantitative estimate of drug-likeness (QED) is 0.811. The number of nitrogen functional groups attached to an aromatic ring is 1. The van der Waals surface area contributed by atoms with Crippen LogP contribution in [0.25, 0.3) is 0 Å². The van der Waals surface area contributed by atoms with Crippen LogP contribution >= 0.6 is 0 Å². The summed E-state index contributed by atoms with van der Waals surface area (Å²) in [5.74, 6) is 0.372. The Hall–Kier alpha value is -1.72. The number of carbonyl (C=O) groups excluding carboxylic acids is 1. The van der Waals surface area contributed by atoms with Crippen molar-refractivity contribution in [3.63, 3.8) is 0 Å². The minimum Gasteiger partial charge on any atom is -0.398 e. The zero-order chi connectivity index (χ0) is 13.8. The van der Waals surface area contributed by atoms with Gasteiger partial charge in [-0.05, 0) is 43.4 Å². The van der Waals surface area contributed by atoms with Gasteiger partial charge in [-0.25, -0.2) is 0 Å². The fourth-order valence-corrected chi connectivity index (χ4v) is 2.91. The SMILES string of the molecule is Nc1cc(C(=O)NC23CC(C2)C3)ccc1C(F)(F)F. The van der Waals surface area contributed by atoms with Gasteiger partial charge in [0.2, 0.25) is 0 Å². The molecule has 0 heterocycles. The zero-order valence-corrected chi connectivity index (χ0v) is 10.1. The molecule has 3 aliphatic carbocycles. The van der Waals surface area contributed by atoms with Gasteiger partial charge in [-0.15, -0.1) is 0 Å². The summed E-state index contributed by atoms with van der Waals surface area (Å²) >= 11 is 0. The van der Waals surface area contributed by atoms with Gasteiger partial charge in [0.05, 0.1) is 5.56 Å². The van der Waals surface area contributed by atoms with Crippen LogP contribution in [-0.2, 0) is 6.18 Å². The minimum absolute atomic E-state index is 0.0980. The molecule has 0 atom stereocenters. The third-order valence-electron chi connectivity index (χ3n) is 4.04. The van der Waals surface area contributed by atoms with Gasteiger partial charge < -0.3 is 11.1 Å². The van der Waals surface area contributed by atoms with E-state index in [1.165, 1.54) is 6.07 Å². The van der Waals surface area contributed by atoms with Crippen molar-refractivity contribution in [2.75, 3.05) is 5.73 Å². The molecule has 3 saturated carbocycles. The highest BCUT2D eigenvalue weighted by atomic mass is 19.4. The highest BCUT2D eigenvalue weighted by molar-refractivity contribution is 5.96. The Labute approximate surface area is 108 Å². The fraction of sp³-hybridized carbons (Fsp3) is 0.462. The van der Waals surface area contributed by atoms with Crippen LogP contribution in [0.1, 0.15) is 35.2 Å². The van der Waals surface area contributed by atoms with E-state index >= 15 is 0 Å². The maximum Gasteiger partial charge on any atom is 0.418 e. The summed E-state index contributed by atoms with van der Waals surface area (Å²) in [6.07, 6.45) is -1.55. The molecular weight excluding hydrogens is 257 g/mol. The van der Waals surface area contributed by atoms with Crippen molar-refractivity contribution in [2.45, 2.75) is 31.0 Å². The zero-order valence-electron chi connectivity index (χ0n) is 10.1. The smallest absolute Gasteiger partial charge is 0.398 e. The summed E-state index contributed by atoms with van der Waals surface area (Å²) in [6, 6.07) is 3.11. The first-order valence-electron chi connectivity index (χ1n) is 6.08. The van der Waals surface area contributed by atoms with Gasteiger partial charge in [-0.3, -0.25) is 4.79 Å². The topological polar surface area (TPSA) is 55.1 Å². The Bertz CT molecular complexity index is 536. The Balaban J connectivity index is 1.77. The number of halogens is 3. The van der Waals surface area contributed by atoms with E-state index in [-0.39, 0.29) is 17.0 Å². The third kappa shape index (κ3) is 1.95. The number of nitrogens with two attached hydrogens (primary N) is 1. The first kappa shape index (κ1) is 12.3. The van der Waals surface area contributed by atoms with Crippen molar-refractivity contribution in [1.29, 1.82) is 0 Å². The molecule has 0 unspecified atom stereocenters. The molecular formula is C13H13F3N2O. The molecule has 1 aromatic rings. The Morgan fingerprint density at radius 3 is 2.37 bits per heavy atom. The summed E-state index contributed by atoms with van der Waals surface area (Å²) in [6.45, 7) is 0. The van der Waals surface area contributed by atoms with Gasteiger partial charge >= 0.3 is 6.18 Å². The largest absolute Gasteiger partial charge is 0.418 e. The van der Waals surface area contributed by atoms with Gasteiger partial charge in [0.15, 0.2) is 0 Å². The molecule has 0 saturated heterocycles. The summed E-state index contributed by atoms with van der Waals surface area (Å²) < 4.78 is 37.6. The lowest BCUT2D eigenvalue weighted by atomic mass is 9.50. The van der Waals surface area contributed by atoms with E-state index < -0.39 is 17.4 Å². The van der Waals surface area contributed by atoms with E-state index in [2.05, 4.69) is 5.32 Å². The number of nitrogens with one attached hydrogen (secondary N) is 1. The van der Waals surface area contributed by atoms with Crippen LogP contribution in [-0.4, -0.2) is 11.4 Å². The molecule has 3 N–H and O–H groups in total. The lowest BCUT2D eigenvalue weighted by molar-refractivity contribution is -0.136. The second kappa shape index (κ2) is 3.65. The number of anilines is 1. The van der Waals surface area contributed by atoms with Crippen LogP contribution in [0, 0.1) is 5.92 Å². The van der Waals surface area contributed by atoms with Crippen LogP contribution in [0.3, 0.4) is 0 Å². The molecule has 3 nitrogen and oxygen atoms in total. The Morgan fingerprint density at radius 2 is 1.95 bits per heavy atom. The molecule has 4 rings (SSSR count). The van der Waals surface area contributed by atoms with Crippen molar-refractivity contribution >= 4 is 11.6 Å². The van der Waals surface area contributed by atoms with Crippen molar-refractivity contribution in [2.24, 2.45) is 5.92 Å². The van der Waals surface area contributed by atoms with Gasteiger partial charge in [-0.1, -0.05) is 0 Å². The maximum absolute atomic E-state index is 12.5. The van der Waals surface area contributed by atoms with Gasteiger partial charge in [-0.2, -0.15) is 13.2 Å². The second-order valence-electron chi connectivity index (χ2n) is 5.51. The fourth-order valence-electron chi connectivity index (χ4n) is 2.91. The van der Waals surface area contributed by atoms with Crippen LogP contribution in [0.15, 0.2) is 18.2 Å². The van der Waals surface area contributed by atoms with Crippen molar-refractivity contribution in [1.82, 2.24) is 5.32 Å². The minimum atomic E-state index is -4.49. The van der Waals surface area contributed by atoms with Gasteiger partial charge in [0.1, 0.15) is 0 Å². The van der Waals surface area contributed by atoms with E-state index in [0.717, 1.165) is 37.3 Å². The molecule has 3 fully saturated rings. The average molecular weight is 270 g/mol. The number of carbonyl (C=O) groups is 1. The van der Waals surface area contributed by atoms with E-state index in [1.807, 2.05) is 0 Å². The number of amides is 1. The average Bonchev–Trinajstić information content (AvgIpc) is 2.19. The first-order chi connectivity index (χ1) is 8.79. The predicted octanol–water partition coefficient (Wildman–Crippen LogP) is 2.57. The number of rotatable bonds is 2. The lowest BCUT2D eigenvalue weighted by Crippen LogP contribution is -2.68. The Morgan fingerprint density at radius 1 is 1.32 bits per heavy atom. The predicted molar refractivity (Wildman–Crippen MR) is 63.4 cm³/mol. The molecule has 0 spiro atoms. The number of hydrogen-bond acceptors (Lipinski definition) is 2. The lowest BCUT2D eigenvalue weighted by Gasteiger charge is -2.61. The van der Waals surface area contributed by atoms with Gasteiger partial charge in [0, 0.05) is 16.8 Å². The van der Waals surface area contributed by atoms with Crippen LogP contribution < -0.4 is 11.1 Å². The van der Waals surface area contributed by atoms with E-state index in [0.29, 0.717) is 0 Å². The van der Waals surface area contributed by atoms with Crippen molar-refractivity contribution < 1.29 is 18.0 Å². The highest BCUT2D eigenvalue weighted by Crippen LogP contribution is 2.57. The van der Waals surface area contributed by atoms with Crippen LogP contribution in [0.4, 0.5) is 18.9 Å². The van der Waals surface area contributed by atoms with E-state index in [1.54, 1.807) is 0 Å². The molecule has 0 aliphatic heterocycles. The highest BCUT2D eigenvalue weighted by Gasteiger charge is 2.57.